The van der Waals surface area contributed by atoms with Crippen LogP contribution >= 0.6 is 11.6 Å². The third-order valence-electron chi connectivity index (χ3n) is 2.34. The molecule has 0 aliphatic heterocycles. The number of nitrogens with one attached hydrogen (secondary N) is 2. The standard InChI is InChI=1S/C11H9ClN6O/c1-6-2-8(12)3-9(10(6)19)14-5-7(4-13)11-15-17-18-16-11/h2-3,5,14,19H,1H3,(H,15,16,17,18). The smallest absolute Gasteiger partial charge is 0.216 e. The van der Waals surface area contributed by atoms with Crippen LogP contribution in [0.5, 0.6) is 5.75 Å². The van der Waals surface area contributed by atoms with Gasteiger partial charge in [-0.25, -0.2) is 0 Å². The number of aromatic nitrogens is 4. The fraction of sp³-hybridized carbons (Fsp3) is 0.0909. The van der Waals surface area contributed by atoms with E-state index in [0.29, 0.717) is 16.3 Å². The number of allylic oxidation sites excluding steroid dienone is 1. The number of nitriles is 1. The van der Waals surface area contributed by atoms with Crippen LogP contribution in [0.2, 0.25) is 5.02 Å². The minimum atomic E-state index is 0.0612. The number of aromatic amines is 1. The SMILES string of the molecule is Cc1cc(Cl)cc(NC=C(C#N)c2nn[nH]n2)c1O. The van der Waals surface area contributed by atoms with Crippen LogP contribution < -0.4 is 5.32 Å². The summed E-state index contributed by atoms with van der Waals surface area (Å²) in [5, 5.41) is 35.1. The molecule has 3 N–H and O–H groups in total. The summed E-state index contributed by atoms with van der Waals surface area (Å²) in [6.45, 7) is 1.72. The number of rotatable bonds is 3. The number of hydrogen-bond acceptors (Lipinski definition) is 6. The fourth-order valence-corrected chi connectivity index (χ4v) is 1.69. The van der Waals surface area contributed by atoms with Gasteiger partial charge in [0.15, 0.2) is 0 Å². The molecule has 0 fully saturated rings. The number of hydrogen-bond donors (Lipinski definition) is 3. The van der Waals surface area contributed by atoms with Crippen LogP contribution in [-0.2, 0) is 0 Å². The lowest BCUT2D eigenvalue weighted by Crippen LogP contribution is -1.94. The first-order valence-electron chi connectivity index (χ1n) is 5.21. The molecule has 0 atom stereocenters. The minimum Gasteiger partial charge on any atom is -0.505 e. The van der Waals surface area contributed by atoms with Gasteiger partial charge in [0.05, 0.1) is 5.69 Å². The van der Waals surface area contributed by atoms with Crippen molar-refractivity contribution in [1.29, 1.82) is 5.26 Å². The second-order valence-electron chi connectivity index (χ2n) is 3.67. The molecular weight excluding hydrogens is 268 g/mol. The van der Waals surface area contributed by atoms with E-state index in [2.05, 4.69) is 25.9 Å². The molecule has 0 bridgehead atoms. The monoisotopic (exact) mass is 276 g/mol. The van der Waals surface area contributed by atoms with Crippen LogP contribution in [0.25, 0.3) is 5.57 Å². The number of halogens is 1. The zero-order valence-corrected chi connectivity index (χ0v) is 10.6. The summed E-state index contributed by atoms with van der Waals surface area (Å²) < 4.78 is 0. The highest BCUT2D eigenvalue weighted by Gasteiger charge is 2.08. The molecule has 1 heterocycles. The van der Waals surface area contributed by atoms with Crippen LogP contribution in [0.4, 0.5) is 5.69 Å². The average molecular weight is 277 g/mol. The maximum atomic E-state index is 9.86. The Morgan fingerprint density at radius 1 is 1.58 bits per heavy atom. The van der Waals surface area contributed by atoms with E-state index in [1.165, 1.54) is 6.20 Å². The van der Waals surface area contributed by atoms with Crippen molar-refractivity contribution in [2.75, 3.05) is 5.32 Å². The van der Waals surface area contributed by atoms with Crippen molar-refractivity contribution in [3.05, 3.63) is 34.7 Å². The summed E-state index contributed by atoms with van der Waals surface area (Å²) >= 11 is 5.89. The molecule has 0 saturated heterocycles. The number of tetrazole rings is 1. The number of phenols is 1. The Kier molecular flexibility index (Phi) is 3.63. The topological polar surface area (TPSA) is 111 Å². The van der Waals surface area contributed by atoms with Gasteiger partial charge in [-0.3, -0.25) is 0 Å². The Bertz CT molecular complexity index is 659. The van der Waals surface area contributed by atoms with Crippen LogP contribution in [0.1, 0.15) is 11.4 Å². The molecule has 0 saturated carbocycles. The van der Waals surface area contributed by atoms with E-state index in [4.69, 9.17) is 16.9 Å². The molecule has 2 aromatic rings. The van der Waals surface area contributed by atoms with E-state index in [1.807, 2.05) is 6.07 Å². The highest BCUT2D eigenvalue weighted by molar-refractivity contribution is 6.31. The first kappa shape index (κ1) is 12.9. The molecule has 2 rings (SSSR count). The summed E-state index contributed by atoms with van der Waals surface area (Å²) in [5.41, 5.74) is 1.19. The number of phenolic OH excluding ortho intramolecular Hbond substituents is 1. The zero-order chi connectivity index (χ0) is 13.8. The summed E-state index contributed by atoms with van der Waals surface area (Å²) in [6, 6.07) is 5.10. The molecule has 19 heavy (non-hydrogen) atoms. The third-order valence-corrected chi connectivity index (χ3v) is 2.56. The van der Waals surface area contributed by atoms with Crippen molar-refractivity contribution in [1.82, 2.24) is 20.6 Å². The Balaban J connectivity index is 2.30. The Morgan fingerprint density at radius 3 is 3.00 bits per heavy atom. The van der Waals surface area contributed by atoms with Crippen molar-refractivity contribution in [3.8, 4) is 11.8 Å². The number of nitrogens with zero attached hydrogens (tertiary/aromatic N) is 4. The van der Waals surface area contributed by atoms with E-state index in [1.54, 1.807) is 19.1 Å². The molecule has 0 amide bonds. The van der Waals surface area contributed by atoms with Gasteiger partial charge in [-0.2, -0.15) is 10.5 Å². The second kappa shape index (κ2) is 5.37. The predicted molar refractivity (Wildman–Crippen MR) is 69.2 cm³/mol. The first-order valence-corrected chi connectivity index (χ1v) is 5.59. The van der Waals surface area contributed by atoms with E-state index in [9.17, 15) is 5.11 Å². The maximum Gasteiger partial charge on any atom is 0.216 e. The van der Waals surface area contributed by atoms with Gasteiger partial charge in [0.25, 0.3) is 0 Å². The molecule has 0 aliphatic carbocycles. The molecule has 0 radical (unpaired) electrons. The van der Waals surface area contributed by atoms with Crippen LogP contribution in [0, 0.1) is 18.3 Å². The summed E-state index contributed by atoms with van der Waals surface area (Å²) in [5.74, 6) is 0.222. The second-order valence-corrected chi connectivity index (χ2v) is 4.10. The van der Waals surface area contributed by atoms with Gasteiger partial charge < -0.3 is 10.4 Å². The summed E-state index contributed by atoms with van der Waals surface area (Å²) in [6.07, 6.45) is 1.37. The number of aryl methyl sites for hydroxylation is 1. The Hall–Kier alpha value is -2.59. The summed E-state index contributed by atoms with van der Waals surface area (Å²) in [7, 11) is 0. The van der Waals surface area contributed by atoms with E-state index in [-0.39, 0.29) is 17.1 Å². The van der Waals surface area contributed by atoms with Crippen molar-refractivity contribution in [2.24, 2.45) is 0 Å². The van der Waals surface area contributed by atoms with Gasteiger partial charge >= 0.3 is 0 Å². The van der Waals surface area contributed by atoms with Crippen LogP contribution in [0.3, 0.4) is 0 Å². The fourth-order valence-electron chi connectivity index (χ4n) is 1.42. The van der Waals surface area contributed by atoms with Gasteiger partial charge in [-0.1, -0.05) is 11.6 Å². The Morgan fingerprint density at radius 2 is 2.37 bits per heavy atom. The predicted octanol–water partition coefficient (Wildman–Crippen LogP) is 1.84. The normalized spacial score (nSPS) is 11.1. The highest BCUT2D eigenvalue weighted by Crippen LogP contribution is 2.31. The lowest BCUT2D eigenvalue weighted by molar-refractivity contribution is 0.473. The lowest BCUT2D eigenvalue weighted by atomic mass is 10.2. The van der Waals surface area contributed by atoms with Crippen LogP contribution in [0.15, 0.2) is 18.3 Å². The van der Waals surface area contributed by atoms with Gasteiger partial charge in [-0.15, -0.1) is 10.2 Å². The van der Waals surface area contributed by atoms with Gasteiger partial charge in [0, 0.05) is 11.2 Å². The molecule has 0 aliphatic rings. The molecule has 7 nitrogen and oxygen atoms in total. The zero-order valence-electron chi connectivity index (χ0n) is 9.85. The van der Waals surface area contributed by atoms with E-state index in [0.717, 1.165) is 0 Å². The molecule has 1 aromatic heterocycles. The third kappa shape index (κ3) is 2.81. The average Bonchev–Trinajstić information content (AvgIpc) is 2.89. The van der Waals surface area contributed by atoms with E-state index >= 15 is 0 Å². The largest absolute Gasteiger partial charge is 0.505 e. The van der Waals surface area contributed by atoms with Gasteiger partial charge in [-0.05, 0) is 29.8 Å². The molecule has 8 heteroatoms. The molecule has 96 valence electrons. The number of anilines is 1. The van der Waals surface area contributed by atoms with Crippen molar-refractivity contribution >= 4 is 22.9 Å². The molecule has 0 spiro atoms. The highest BCUT2D eigenvalue weighted by atomic mass is 35.5. The van der Waals surface area contributed by atoms with Crippen molar-refractivity contribution in [3.63, 3.8) is 0 Å². The van der Waals surface area contributed by atoms with Crippen molar-refractivity contribution in [2.45, 2.75) is 6.92 Å². The van der Waals surface area contributed by atoms with Gasteiger partial charge in [0.1, 0.15) is 17.4 Å². The molecule has 1 aromatic carbocycles. The van der Waals surface area contributed by atoms with Gasteiger partial charge in [0.2, 0.25) is 5.82 Å². The maximum absolute atomic E-state index is 9.86. The lowest BCUT2D eigenvalue weighted by Gasteiger charge is -2.07. The van der Waals surface area contributed by atoms with Crippen LogP contribution in [-0.4, -0.2) is 25.7 Å². The van der Waals surface area contributed by atoms with E-state index < -0.39 is 0 Å². The van der Waals surface area contributed by atoms with Crippen molar-refractivity contribution < 1.29 is 5.11 Å². The summed E-state index contributed by atoms with van der Waals surface area (Å²) in [4.78, 5) is 0. The molecule has 0 unspecified atom stereocenters. The number of benzene rings is 1. The number of aromatic hydroxyl groups is 1. The first-order chi connectivity index (χ1) is 9.11. The molecular formula is C11H9ClN6O. The Labute approximate surface area is 113 Å². The minimum absolute atomic E-state index is 0.0612. The number of H-pyrrole nitrogens is 1. The quantitative estimate of drug-likeness (QED) is 0.583.